The summed E-state index contributed by atoms with van der Waals surface area (Å²) >= 11 is 0. The van der Waals surface area contributed by atoms with E-state index in [1.165, 1.54) is 22.3 Å². The van der Waals surface area contributed by atoms with Gasteiger partial charge in [0.2, 0.25) is 5.95 Å². The summed E-state index contributed by atoms with van der Waals surface area (Å²) < 4.78 is 6.32. The van der Waals surface area contributed by atoms with E-state index in [4.69, 9.17) is 9.72 Å². The molecule has 3 aromatic carbocycles. The van der Waals surface area contributed by atoms with Gasteiger partial charge in [-0.2, -0.15) is 0 Å². The molecule has 0 saturated heterocycles. The molecule has 0 radical (unpaired) electrons. The lowest BCUT2D eigenvalue weighted by atomic mass is 9.99. The van der Waals surface area contributed by atoms with Crippen LogP contribution < -0.4 is 15.0 Å². The molecule has 2 aromatic heterocycles. The third kappa shape index (κ3) is 4.17. The summed E-state index contributed by atoms with van der Waals surface area (Å²) in [5.74, 6) is 3.17. The van der Waals surface area contributed by atoms with Crippen LogP contribution in [0.25, 0.3) is 22.2 Å². The van der Waals surface area contributed by atoms with E-state index in [0.717, 1.165) is 60.0 Å². The third-order valence-corrected chi connectivity index (χ3v) is 7.28. The number of anilines is 2. The molecule has 1 atom stereocenters. The number of aliphatic hydroxyl groups excluding tert-OH is 1. The van der Waals surface area contributed by atoms with Crippen LogP contribution in [0.2, 0.25) is 0 Å². The normalized spacial score (nSPS) is 16.7. The van der Waals surface area contributed by atoms with Gasteiger partial charge < -0.3 is 25.0 Å². The van der Waals surface area contributed by atoms with Crippen LogP contribution in [0.4, 0.5) is 11.8 Å². The SMILES string of the molecule is OC1CCc2c(Oc3ccc4c(c3)CN(c3nc5ccc(-c6ccccc6)cc5[nH]3)CC4)ccnc2N1. The fraction of sp³-hybridized carbons (Fsp3) is 0.200. The maximum absolute atomic E-state index is 9.90. The van der Waals surface area contributed by atoms with Crippen molar-refractivity contribution in [2.24, 2.45) is 0 Å². The molecule has 0 bridgehead atoms. The number of ether oxygens (including phenoxy) is 1. The molecule has 0 saturated carbocycles. The number of aliphatic hydroxyl groups is 1. The minimum absolute atomic E-state index is 0.562. The summed E-state index contributed by atoms with van der Waals surface area (Å²) in [5.41, 5.74) is 7.97. The molecular weight excluding hydrogens is 462 g/mol. The van der Waals surface area contributed by atoms with E-state index in [1.54, 1.807) is 6.20 Å². The average Bonchev–Trinajstić information content (AvgIpc) is 3.37. The van der Waals surface area contributed by atoms with Gasteiger partial charge in [0.1, 0.15) is 23.5 Å². The molecule has 4 heterocycles. The summed E-state index contributed by atoms with van der Waals surface area (Å²) in [4.78, 5) is 15.1. The molecule has 3 N–H and O–H groups in total. The smallest absolute Gasteiger partial charge is 0.204 e. The number of fused-ring (bicyclic) bond motifs is 3. The van der Waals surface area contributed by atoms with Crippen molar-refractivity contribution in [3.05, 3.63) is 95.7 Å². The fourth-order valence-corrected chi connectivity index (χ4v) is 5.31. The molecule has 37 heavy (non-hydrogen) atoms. The molecule has 2 aliphatic rings. The second-order valence-corrected chi connectivity index (χ2v) is 9.70. The number of hydrogen-bond acceptors (Lipinski definition) is 6. The molecule has 7 rings (SSSR count). The molecule has 184 valence electrons. The highest BCUT2D eigenvalue weighted by molar-refractivity contribution is 5.83. The maximum atomic E-state index is 9.90. The fourth-order valence-electron chi connectivity index (χ4n) is 5.31. The number of benzene rings is 3. The first kappa shape index (κ1) is 21.9. The number of H-pyrrole nitrogens is 1. The number of aromatic nitrogens is 3. The van der Waals surface area contributed by atoms with Gasteiger partial charge in [-0.1, -0.05) is 42.5 Å². The summed E-state index contributed by atoms with van der Waals surface area (Å²) in [5, 5.41) is 12.9. The standard InChI is InChI=1S/C30H27N5O2/c36-28-11-9-24-27(12-14-31-29(24)34-28)37-23-8-6-20-13-15-35(18-22(20)16-23)30-32-25-10-7-21(17-26(25)33-30)19-4-2-1-3-5-19/h1-8,10,12,14,16-17,28,36H,9,11,13,15,18H2,(H,31,34)(H,32,33). The van der Waals surface area contributed by atoms with Crippen molar-refractivity contribution in [2.75, 3.05) is 16.8 Å². The minimum Gasteiger partial charge on any atom is -0.457 e. The van der Waals surface area contributed by atoms with Crippen molar-refractivity contribution in [3.63, 3.8) is 0 Å². The Morgan fingerprint density at radius 3 is 2.76 bits per heavy atom. The number of imidazole rings is 1. The van der Waals surface area contributed by atoms with Crippen molar-refractivity contribution in [3.8, 4) is 22.6 Å². The van der Waals surface area contributed by atoms with Crippen LogP contribution in [0.15, 0.2) is 79.0 Å². The van der Waals surface area contributed by atoms with E-state index in [1.807, 2.05) is 18.2 Å². The van der Waals surface area contributed by atoms with E-state index in [9.17, 15) is 5.11 Å². The highest BCUT2D eigenvalue weighted by atomic mass is 16.5. The van der Waals surface area contributed by atoms with Crippen LogP contribution in [0.1, 0.15) is 23.1 Å². The van der Waals surface area contributed by atoms with Crippen LogP contribution in [0.3, 0.4) is 0 Å². The second-order valence-electron chi connectivity index (χ2n) is 9.70. The average molecular weight is 490 g/mol. The zero-order valence-corrected chi connectivity index (χ0v) is 20.3. The van der Waals surface area contributed by atoms with Crippen LogP contribution in [0, 0.1) is 0 Å². The molecule has 0 fully saturated rings. The van der Waals surface area contributed by atoms with Gasteiger partial charge >= 0.3 is 0 Å². The Morgan fingerprint density at radius 1 is 0.919 bits per heavy atom. The predicted octanol–water partition coefficient (Wildman–Crippen LogP) is 5.66. The largest absolute Gasteiger partial charge is 0.457 e. The number of aromatic amines is 1. The summed E-state index contributed by atoms with van der Waals surface area (Å²) in [6.45, 7) is 1.67. The van der Waals surface area contributed by atoms with Crippen LogP contribution >= 0.6 is 0 Å². The van der Waals surface area contributed by atoms with Gasteiger partial charge in [0, 0.05) is 24.8 Å². The Bertz CT molecular complexity index is 1600. The van der Waals surface area contributed by atoms with Gasteiger partial charge in [-0.25, -0.2) is 9.97 Å². The number of pyridine rings is 1. The van der Waals surface area contributed by atoms with Crippen LogP contribution in [0.5, 0.6) is 11.5 Å². The zero-order valence-electron chi connectivity index (χ0n) is 20.3. The van der Waals surface area contributed by atoms with Gasteiger partial charge in [0.05, 0.1) is 11.0 Å². The van der Waals surface area contributed by atoms with Crippen molar-refractivity contribution in [1.82, 2.24) is 15.0 Å². The molecule has 7 heteroatoms. The molecule has 7 nitrogen and oxygen atoms in total. The molecule has 0 aliphatic carbocycles. The molecule has 2 aliphatic heterocycles. The number of nitrogens with one attached hydrogen (secondary N) is 2. The van der Waals surface area contributed by atoms with Gasteiger partial charge in [0.15, 0.2) is 0 Å². The Labute approximate surface area is 214 Å². The maximum Gasteiger partial charge on any atom is 0.204 e. The highest BCUT2D eigenvalue weighted by Gasteiger charge is 2.22. The van der Waals surface area contributed by atoms with E-state index in [0.29, 0.717) is 12.2 Å². The zero-order chi connectivity index (χ0) is 24.8. The molecule has 1 unspecified atom stereocenters. The van der Waals surface area contributed by atoms with Gasteiger partial charge in [-0.05, 0) is 71.8 Å². The number of rotatable bonds is 4. The molecular formula is C30H27N5O2. The summed E-state index contributed by atoms with van der Waals surface area (Å²) in [6.07, 6.45) is 3.47. The third-order valence-electron chi connectivity index (χ3n) is 7.28. The summed E-state index contributed by atoms with van der Waals surface area (Å²) in [6, 6.07) is 25.0. The van der Waals surface area contributed by atoms with E-state index >= 15 is 0 Å². The van der Waals surface area contributed by atoms with Gasteiger partial charge in [-0.15, -0.1) is 0 Å². The Balaban J connectivity index is 1.13. The first-order valence-corrected chi connectivity index (χ1v) is 12.7. The van der Waals surface area contributed by atoms with Crippen LogP contribution in [-0.2, 0) is 19.4 Å². The van der Waals surface area contributed by atoms with E-state index in [-0.39, 0.29) is 0 Å². The Kier molecular flexibility index (Phi) is 5.29. The van der Waals surface area contributed by atoms with Gasteiger partial charge in [0.25, 0.3) is 0 Å². The first-order valence-electron chi connectivity index (χ1n) is 12.7. The van der Waals surface area contributed by atoms with E-state index in [2.05, 4.69) is 74.8 Å². The Morgan fingerprint density at radius 2 is 1.84 bits per heavy atom. The van der Waals surface area contributed by atoms with Crippen molar-refractivity contribution < 1.29 is 9.84 Å². The second kappa shape index (κ2) is 8.94. The lowest BCUT2D eigenvalue weighted by Gasteiger charge is -2.29. The first-order chi connectivity index (χ1) is 18.2. The van der Waals surface area contributed by atoms with Gasteiger partial charge in [-0.3, -0.25) is 0 Å². The quantitative estimate of drug-likeness (QED) is 0.302. The van der Waals surface area contributed by atoms with Crippen molar-refractivity contribution in [2.45, 2.75) is 32.0 Å². The van der Waals surface area contributed by atoms with E-state index < -0.39 is 6.23 Å². The summed E-state index contributed by atoms with van der Waals surface area (Å²) in [7, 11) is 0. The highest BCUT2D eigenvalue weighted by Crippen LogP contribution is 2.35. The molecule has 0 spiro atoms. The number of nitrogens with zero attached hydrogens (tertiary/aromatic N) is 3. The predicted molar refractivity (Wildman–Crippen MR) is 145 cm³/mol. The van der Waals surface area contributed by atoms with Crippen molar-refractivity contribution >= 4 is 22.8 Å². The topological polar surface area (TPSA) is 86.3 Å². The molecule has 5 aromatic rings. The Hall–Kier alpha value is -4.36. The van der Waals surface area contributed by atoms with Crippen molar-refractivity contribution in [1.29, 1.82) is 0 Å². The minimum atomic E-state index is -0.562. The number of hydrogen-bond donors (Lipinski definition) is 3. The lowest BCUT2D eigenvalue weighted by Crippen LogP contribution is -2.31. The lowest BCUT2D eigenvalue weighted by molar-refractivity contribution is 0.188. The van der Waals surface area contributed by atoms with Crippen LogP contribution in [-0.4, -0.2) is 32.8 Å². The monoisotopic (exact) mass is 489 g/mol. The molecule has 0 amide bonds.